The molecule has 6 heteroatoms. The van der Waals surface area contributed by atoms with E-state index in [9.17, 15) is 0 Å². The van der Waals surface area contributed by atoms with Crippen LogP contribution in [0, 0.1) is 41.4 Å². The van der Waals surface area contributed by atoms with Gasteiger partial charge in [-0.1, -0.05) is 48.5 Å². The molecule has 0 aliphatic heterocycles. The van der Waals surface area contributed by atoms with Gasteiger partial charge in [-0.25, -0.2) is 5.26 Å². The molecular weight excluding hydrogens is 635 g/mol. The van der Waals surface area contributed by atoms with Crippen molar-refractivity contribution >= 4 is 5.69 Å². The van der Waals surface area contributed by atoms with Crippen molar-refractivity contribution in [3.8, 4) is 45.8 Å². The molecule has 3 aromatic carbocycles. The monoisotopic (exact) mass is 652 g/mol. The molecule has 177 valence electrons. The molecule has 37 heavy (non-hydrogen) atoms. The first-order chi connectivity index (χ1) is 17.7. The maximum absolute atomic E-state index is 9.00. The Morgan fingerprint density at radius 3 is 2.14 bits per heavy atom. The quantitative estimate of drug-likeness (QED) is 0.196. The van der Waals surface area contributed by atoms with Gasteiger partial charge in [0, 0.05) is 38.6 Å². The second-order valence-corrected chi connectivity index (χ2v) is 7.44. The van der Waals surface area contributed by atoms with E-state index in [1.165, 1.54) is 17.2 Å². The van der Waals surface area contributed by atoms with Crippen LogP contribution < -0.4 is 0 Å². The van der Waals surface area contributed by atoms with Crippen LogP contribution in [0.2, 0.25) is 0 Å². The standard InChI is InChI=1S/C17H12N.C14H5N4.Ir/c1-3-7-14(8-4-1)16-11-12-18-17(13-16)15-9-5-2-6-10-15;1-17-14-7-10(13-4-2-3-5-18-13)6-11(8-15)12(14)9-16;/h1-9,11-13H;2-6H;/q2*-1;. The van der Waals surface area contributed by atoms with Crippen molar-refractivity contribution in [1.29, 1.82) is 10.5 Å². The minimum absolute atomic E-state index is 0. The summed E-state index contributed by atoms with van der Waals surface area (Å²) in [6.07, 6.45) is 3.46. The van der Waals surface area contributed by atoms with Gasteiger partial charge in [0.25, 0.3) is 0 Å². The Hall–Kier alpha value is -4.92. The van der Waals surface area contributed by atoms with Crippen molar-refractivity contribution in [1.82, 2.24) is 9.97 Å². The normalized spacial score (nSPS) is 9.32. The third kappa shape index (κ3) is 6.60. The first kappa shape index (κ1) is 26.7. The number of rotatable bonds is 3. The van der Waals surface area contributed by atoms with Crippen molar-refractivity contribution in [2.24, 2.45) is 0 Å². The van der Waals surface area contributed by atoms with Gasteiger partial charge in [0.05, 0.1) is 12.6 Å². The number of nitriles is 2. The minimum atomic E-state index is 0. The first-order valence-corrected chi connectivity index (χ1v) is 10.9. The van der Waals surface area contributed by atoms with Crippen LogP contribution in [0.15, 0.2) is 103 Å². The van der Waals surface area contributed by atoms with E-state index < -0.39 is 0 Å². The summed E-state index contributed by atoms with van der Waals surface area (Å²) in [6, 6.07) is 39.0. The molecule has 2 aromatic heterocycles. The van der Waals surface area contributed by atoms with Gasteiger partial charge in [-0.3, -0.25) is 4.85 Å². The van der Waals surface area contributed by atoms with Gasteiger partial charge in [-0.05, 0) is 45.8 Å². The van der Waals surface area contributed by atoms with E-state index in [0.717, 1.165) is 11.3 Å². The number of aromatic nitrogens is 2. The second-order valence-electron chi connectivity index (χ2n) is 7.44. The van der Waals surface area contributed by atoms with E-state index in [4.69, 9.17) is 17.1 Å². The summed E-state index contributed by atoms with van der Waals surface area (Å²) >= 11 is 0. The second kappa shape index (κ2) is 13.2. The zero-order valence-corrected chi connectivity index (χ0v) is 21.8. The number of nitrogens with zero attached hydrogens (tertiary/aromatic N) is 5. The number of benzene rings is 3. The van der Waals surface area contributed by atoms with Crippen molar-refractivity contribution < 1.29 is 20.1 Å². The van der Waals surface area contributed by atoms with E-state index in [1.54, 1.807) is 24.4 Å². The van der Waals surface area contributed by atoms with Crippen LogP contribution in [-0.2, 0) is 20.1 Å². The third-order valence-electron chi connectivity index (χ3n) is 5.18. The van der Waals surface area contributed by atoms with Crippen molar-refractivity contribution in [2.45, 2.75) is 0 Å². The van der Waals surface area contributed by atoms with Gasteiger partial charge in [-0.2, -0.15) is 5.26 Å². The predicted molar refractivity (Wildman–Crippen MR) is 138 cm³/mol. The van der Waals surface area contributed by atoms with Crippen LogP contribution >= 0.6 is 0 Å². The largest absolute Gasteiger partial charge is 0.305 e. The van der Waals surface area contributed by atoms with Crippen molar-refractivity contribution in [2.75, 3.05) is 0 Å². The SMILES string of the molecule is [C-]#[N+]c1[c-]c(-c2ccccn2)cc(C#N)c1C#N.[Ir].[c-]1ccccc1-c1cc(-c2ccccc2)ccn1. The average molecular weight is 652 g/mol. The molecule has 0 spiro atoms. The third-order valence-corrected chi connectivity index (χ3v) is 5.18. The molecule has 0 atom stereocenters. The summed E-state index contributed by atoms with van der Waals surface area (Å²) in [6.45, 7) is 7.03. The fourth-order valence-electron chi connectivity index (χ4n) is 3.46. The molecule has 2 heterocycles. The fraction of sp³-hybridized carbons (Fsp3) is 0. The van der Waals surface area contributed by atoms with Crippen LogP contribution in [-0.4, -0.2) is 9.97 Å². The molecular formula is C31H17IrN5-2. The van der Waals surface area contributed by atoms with E-state index in [1.807, 2.05) is 66.9 Å². The predicted octanol–water partition coefficient (Wildman–Crippen LogP) is 7.06. The molecule has 0 saturated carbocycles. The topological polar surface area (TPSA) is 77.7 Å². The molecule has 0 aliphatic rings. The van der Waals surface area contributed by atoms with Gasteiger partial charge < -0.3 is 9.97 Å². The van der Waals surface area contributed by atoms with E-state index in [-0.39, 0.29) is 36.9 Å². The van der Waals surface area contributed by atoms with E-state index in [2.05, 4.69) is 45.1 Å². The van der Waals surface area contributed by atoms with Gasteiger partial charge in [0.15, 0.2) is 0 Å². The molecule has 1 radical (unpaired) electrons. The summed E-state index contributed by atoms with van der Waals surface area (Å²) < 4.78 is 0. The zero-order valence-electron chi connectivity index (χ0n) is 19.4. The van der Waals surface area contributed by atoms with Crippen LogP contribution in [0.25, 0.3) is 38.5 Å². The van der Waals surface area contributed by atoms with Gasteiger partial charge in [0.2, 0.25) is 0 Å². The van der Waals surface area contributed by atoms with Gasteiger partial charge in [0.1, 0.15) is 5.69 Å². The van der Waals surface area contributed by atoms with Crippen LogP contribution in [0.3, 0.4) is 0 Å². The van der Waals surface area contributed by atoms with E-state index in [0.29, 0.717) is 11.3 Å². The minimum Gasteiger partial charge on any atom is -0.305 e. The Balaban J connectivity index is 0.000000200. The number of pyridine rings is 2. The molecule has 0 N–H and O–H groups in total. The van der Waals surface area contributed by atoms with Gasteiger partial charge in [-0.15, -0.1) is 53.6 Å². The summed E-state index contributed by atoms with van der Waals surface area (Å²) in [5, 5.41) is 17.9. The maximum Gasteiger partial charge on any atom is 0.124 e. The molecule has 5 aromatic rings. The number of hydrogen-bond acceptors (Lipinski definition) is 4. The first-order valence-electron chi connectivity index (χ1n) is 10.9. The molecule has 0 unspecified atom stereocenters. The molecule has 0 fully saturated rings. The van der Waals surface area contributed by atoms with Crippen LogP contribution in [0.4, 0.5) is 5.69 Å². The molecule has 5 rings (SSSR count). The Bertz CT molecular complexity index is 1510. The van der Waals surface area contributed by atoms with Crippen LogP contribution in [0.1, 0.15) is 11.1 Å². The fourth-order valence-corrected chi connectivity index (χ4v) is 3.46. The smallest absolute Gasteiger partial charge is 0.124 e. The molecule has 5 nitrogen and oxygen atoms in total. The Morgan fingerprint density at radius 2 is 1.49 bits per heavy atom. The maximum atomic E-state index is 9.00. The Kier molecular flexibility index (Phi) is 9.55. The van der Waals surface area contributed by atoms with Crippen LogP contribution in [0.5, 0.6) is 0 Å². The Morgan fingerprint density at radius 1 is 0.730 bits per heavy atom. The summed E-state index contributed by atoms with van der Waals surface area (Å²) in [5.74, 6) is 0. The average Bonchev–Trinajstić information content (AvgIpc) is 2.98. The summed E-state index contributed by atoms with van der Waals surface area (Å²) in [5.41, 5.74) is 5.80. The summed E-state index contributed by atoms with van der Waals surface area (Å²) in [4.78, 5) is 11.8. The zero-order chi connectivity index (χ0) is 25.2. The van der Waals surface area contributed by atoms with E-state index >= 15 is 0 Å². The molecule has 0 saturated heterocycles. The molecule has 0 amide bonds. The van der Waals surface area contributed by atoms with Gasteiger partial charge >= 0.3 is 0 Å². The van der Waals surface area contributed by atoms with Crippen molar-refractivity contribution in [3.63, 3.8) is 0 Å². The summed E-state index contributed by atoms with van der Waals surface area (Å²) in [7, 11) is 0. The number of hydrogen-bond donors (Lipinski definition) is 0. The Labute approximate surface area is 229 Å². The molecule has 0 aliphatic carbocycles. The molecule has 0 bridgehead atoms. The van der Waals surface area contributed by atoms with Crippen molar-refractivity contribution in [3.05, 3.63) is 138 Å².